The largest absolute Gasteiger partial charge is 0.339 e. The second kappa shape index (κ2) is 6.85. The molecule has 1 saturated heterocycles. The molecule has 1 aliphatic heterocycles. The minimum absolute atomic E-state index is 0.0937. The average Bonchev–Trinajstić information content (AvgIpc) is 3.24. The highest BCUT2D eigenvalue weighted by Gasteiger charge is 2.35. The molecule has 4 rings (SSSR count). The zero-order valence-corrected chi connectivity index (χ0v) is 14.8. The number of carbonyl (C=O) groups is 1. The van der Waals surface area contributed by atoms with Crippen molar-refractivity contribution < 1.29 is 9.32 Å². The van der Waals surface area contributed by atoms with Crippen molar-refractivity contribution in [2.24, 2.45) is 0 Å². The van der Waals surface area contributed by atoms with E-state index in [-0.39, 0.29) is 11.9 Å². The van der Waals surface area contributed by atoms with Crippen LogP contribution in [0.2, 0.25) is 5.02 Å². The Hall–Kier alpha value is -2.38. The van der Waals surface area contributed by atoms with E-state index in [1.165, 1.54) is 0 Å². The van der Waals surface area contributed by atoms with Crippen molar-refractivity contribution in [1.29, 1.82) is 0 Å². The SMILES string of the molecule is O=C(NCc1ccc(Cl)cc1)N1CC(c2nc(-c3ccsc3)no2)C1. The topological polar surface area (TPSA) is 71.3 Å². The molecule has 1 N–H and O–H groups in total. The lowest BCUT2D eigenvalue weighted by molar-refractivity contribution is 0.136. The number of hydrogen-bond donors (Lipinski definition) is 1. The Balaban J connectivity index is 1.28. The fourth-order valence-electron chi connectivity index (χ4n) is 2.60. The Morgan fingerprint density at radius 2 is 2.12 bits per heavy atom. The Kier molecular flexibility index (Phi) is 4.42. The normalized spacial score (nSPS) is 14.4. The highest BCUT2D eigenvalue weighted by atomic mass is 35.5. The maximum atomic E-state index is 12.2. The van der Waals surface area contributed by atoms with E-state index in [0.717, 1.165) is 11.1 Å². The number of urea groups is 1. The van der Waals surface area contributed by atoms with E-state index in [4.69, 9.17) is 16.1 Å². The smallest absolute Gasteiger partial charge is 0.317 e. The molecule has 1 fully saturated rings. The van der Waals surface area contributed by atoms with Crippen LogP contribution in [0.5, 0.6) is 0 Å². The number of amides is 2. The van der Waals surface area contributed by atoms with Gasteiger partial charge in [-0.3, -0.25) is 0 Å². The van der Waals surface area contributed by atoms with Crippen LogP contribution in [0.3, 0.4) is 0 Å². The van der Waals surface area contributed by atoms with Crippen LogP contribution in [0, 0.1) is 0 Å². The maximum Gasteiger partial charge on any atom is 0.317 e. The number of benzene rings is 1. The van der Waals surface area contributed by atoms with E-state index >= 15 is 0 Å². The van der Waals surface area contributed by atoms with E-state index in [0.29, 0.717) is 36.4 Å². The van der Waals surface area contributed by atoms with Crippen LogP contribution in [-0.4, -0.2) is 34.2 Å². The average molecular weight is 375 g/mol. The first-order chi connectivity index (χ1) is 12.2. The Bertz CT molecular complexity index is 857. The lowest BCUT2D eigenvalue weighted by atomic mass is 10.0. The molecule has 6 nitrogen and oxygen atoms in total. The molecule has 3 heterocycles. The van der Waals surface area contributed by atoms with Gasteiger partial charge in [-0.15, -0.1) is 0 Å². The molecule has 0 atom stereocenters. The maximum absolute atomic E-state index is 12.2. The van der Waals surface area contributed by atoms with Gasteiger partial charge in [0.05, 0.1) is 5.92 Å². The van der Waals surface area contributed by atoms with Gasteiger partial charge in [0, 0.05) is 35.6 Å². The van der Waals surface area contributed by atoms with E-state index in [2.05, 4.69) is 15.5 Å². The number of likely N-dealkylation sites (tertiary alicyclic amines) is 1. The van der Waals surface area contributed by atoms with E-state index in [1.54, 1.807) is 16.2 Å². The molecule has 0 radical (unpaired) electrons. The third kappa shape index (κ3) is 3.52. The number of halogens is 1. The highest BCUT2D eigenvalue weighted by molar-refractivity contribution is 7.08. The lowest BCUT2D eigenvalue weighted by Crippen LogP contribution is -2.52. The molecule has 2 amide bonds. The van der Waals surface area contributed by atoms with E-state index < -0.39 is 0 Å². The summed E-state index contributed by atoms with van der Waals surface area (Å²) in [5, 5.41) is 11.5. The molecule has 0 unspecified atom stereocenters. The second-order valence-electron chi connectivity index (χ2n) is 5.86. The predicted molar refractivity (Wildman–Crippen MR) is 95.6 cm³/mol. The van der Waals surface area contributed by atoms with E-state index in [9.17, 15) is 4.79 Å². The summed E-state index contributed by atoms with van der Waals surface area (Å²) in [5.41, 5.74) is 1.96. The number of thiophene rings is 1. The molecule has 25 heavy (non-hydrogen) atoms. The summed E-state index contributed by atoms with van der Waals surface area (Å²) in [7, 11) is 0. The van der Waals surface area contributed by atoms with Gasteiger partial charge >= 0.3 is 6.03 Å². The van der Waals surface area contributed by atoms with Crippen LogP contribution in [-0.2, 0) is 6.54 Å². The number of nitrogens with one attached hydrogen (secondary N) is 1. The summed E-state index contributed by atoms with van der Waals surface area (Å²) in [5.74, 6) is 1.28. The Morgan fingerprint density at radius 1 is 1.32 bits per heavy atom. The molecular formula is C17H15ClN4O2S. The summed E-state index contributed by atoms with van der Waals surface area (Å²) >= 11 is 7.44. The van der Waals surface area contributed by atoms with Gasteiger partial charge in [-0.1, -0.05) is 28.9 Å². The zero-order valence-electron chi connectivity index (χ0n) is 13.2. The first-order valence-corrected chi connectivity index (χ1v) is 9.14. The molecule has 1 aliphatic rings. The van der Waals surface area contributed by atoms with E-state index in [1.807, 2.05) is 41.1 Å². The molecule has 8 heteroatoms. The lowest BCUT2D eigenvalue weighted by Gasteiger charge is -2.36. The summed E-state index contributed by atoms with van der Waals surface area (Å²) in [6.45, 7) is 1.63. The van der Waals surface area contributed by atoms with Crippen molar-refractivity contribution in [2.75, 3.05) is 13.1 Å². The van der Waals surface area contributed by atoms with Crippen LogP contribution >= 0.6 is 22.9 Å². The first kappa shape index (κ1) is 16.1. The van der Waals surface area contributed by atoms with Crippen LogP contribution in [0.1, 0.15) is 17.4 Å². The monoisotopic (exact) mass is 374 g/mol. The van der Waals surface area contributed by atoms with Gasteiger partial charge in [-0.25, -0.2) is 4.79 Å². The van der Waals surface area contributed by atoms with Crippen molar-refractivity contribution in [3.63, 3.8) is 0 Å². The fourth-order valence-corrected chi connectivity index (χ4v) is 3.36. The predicted octanol–water partition coefficient (Wildman–Crippen LogP) is 3.76. The Labute approximate surface area is 153 Å². The first-order valence-electron chi connectivity index (χ1n) is 7.82. The van der Waals surface area contributed by atoms with Crippen molar-refractivity contribution in [3.8, 4) is 11.4 Å². The van der Waals surface area contributed by atoms with Gasteiger partial charge in [0.1, 0.15) is 0 Å². The fraction of sp³-hybridized carbons (Fsp3) is 0.235. The summed E-state index contributed by atoms with van der Waals surface area (Å²) in [4.78, 5) is 18.3. The third-order valence-electron chi connectivity index (χ3n) is 4.10. The molecule has 0 spiro atoms. The molecule has 2 aromatic heterocycles. The summed E-state index contributed by atoms with van der Waals surface area (Å²) in [6.07, 6.45) is 0. The van der Waals surface area contributed by atoms with Crippen LogP contribution in [0.15, 0.2) is 45.6 Å². The Morgan fingerprint density at radius 3 is 2.84 bits per heavy atom. The second-order valence-corrected chi connectivity index (χ2v) is 7.07. The van der Waals surface area contributed by atoms with Crippen molar-refractivity contribution in [3.05, 3.63) is 57.6 Å². The van der Waals surface area contributed by atoms with Gasteiger partial charge in [0.15, 0.2) is 0 Å². The van der Waals surface area contributed by atoms with Crippen molar-refractivity contribution >= 4 is 29.0 Å². The molecule has 1 aromatic carbocycles. The molecule has 128 valence electrons. The molecule has 0 aliphatic carbocycles. The van der Waals surface area contributed by atoms with Gasteiger partial charge in [0.2, 0.25) is 11.7 Å². The molecule has 0 saturated carbocycles. The molecular weight excluding hydrogens is 360 g/mol. The quantitative estimate of drug-likeness (QED) is 0.754. The van der Waals surface area contributed by atoms with Gasteiger partial charge < -0.3 is 14.7 Å². The number of carbonyl (C=O) groups excluding carboxylic acids is 1. The summed E-state index contributed by atoms with van der Waals surface area (Å²) in [6, 6.07) is 9.27. The number of hydrogen-bond acceptors (Lipinski definition) is 5. The minimum Gasteiger partial charge on any atom is -0.339 e. The zero-order chi connectivity index (χ0) is 17.2. The third-order valence-corrected chi connectivity index (χ3v) is 5.03. The molecule has 3 aromatic rings. The minimum atomic E-state index is -0.0937. The number of nitrogens with zero attached hydrogens (tertiary/aromatic N) is 3. The number of rotatable bonds is 4. The van der Waals surface area contributed by atoms with Crippen LogP contribution in [0.25, 0.3) is 11.4 Å². The van der Waals surface area contributed by atoms with Crippen LogP contribution < -0.4 is 5.32 Å². The van der Waals surface area contributed by atoms with Crippen molar-refractivity contribution in [2.45, 2.75) is 12.5 Å². The van der Waals surface area contributed by atoms with Crippen molar-refractivity contribution in [1.82, 2.24) is 20.4 Å². The summed E-state index contributed by atoms with van der Waals surface area (Å²) < 4.78 is 5.33. The van der Waals surface area contributed by atoms with Gasteiger partial charge in [-0.05, 0) is 29.1 Å². The van der Waals surface area contributed by atoms with Gasteiger partial charge in [-0.2, -0.15) is 16.3 Å². The van der Waals surface area contributed by atoms with Crippen LogP contribution in [0.4, 0.5) is 4.79 Å². The number of aromatic nitrogens is 2. The standard InChI is InChI=1S/C17H15ClN4O2S/c18-14-3-1-11(2-4-14)7-19-17(23)22-8-13(9-22)16-20-15(21-24-16)12-5-6-25-10-12/h1-6,10,13H,7-9H2,(H,19,23). The highest BCUT2D eigenvalue weighted by Crippen LogP contribution is 2.28. The van der Waals surface area contributed by atoms with Gasteiger partial charge in [0.25, 0.3) is 0 Å². The molecule has 0 bridgehead atoms.